The van der Waals surface area contributed by atoms with Crippen molar-refractivity contribution < 1.29 is 79.0 Å². The van der Waals surface area contributed by atoms with Crippen LogP contribution < -0.4 is 0 Å². The molecule has 0 saturated carbocycles. The molecule has 0 aliphatic heterocycles. The van der Waals surface area contributed by atoms with Gasteiger partial charge in [-0.25, -0.2) is 39.5 Å². The second-order valence-corrected chi connectivity index (χ2v) is 10.7. The molecular formula is C24H33F18N. The van der Waals surface area contributed by atoms with Gasteiger partial charge >= 0.3 is 18.5 Å². The maximum Gasteiger partial charge on any atom is 0.428 e. The molecule has 0 saturated heterocycles. The van der Waals surface area contributed by atoms with Crippen LogP contribution in [0, 0.1) is 0 Å². The Labute approximate surface area is 236 Å². The van der Waals surface area contributed by atoms with Gasteiger partial charge in [-0.05, 0) is 78.6 Å². The molecule has 0 aliphatic carbocycles. The summed E-state index contributed by atoms with van der Waals surface area (Å²) in [6.45, 7) is 3.64. The average molecular weight is 677 g/mol. The molecule has 0 aromatic carbocycles. The first-order valence-electron chi connectivity index (χ1n) is 13.0. The fourth-order valence-electron chi connectivity index (χ4n) is 4.84. The van der Waals surface area contributed by atoms with Crippen LogP contribution in [0.4, 0.5) is 79.0 Å². The van der Waals surface area contributed by atoms with E-state index in [1.165, 1.54) is 25.7 Å². The molecule has 260 valence electrons. The van der Waals surface area contributed by atoms with Gasteiger partial charge in [0.05, 0.1) is 0 Å². The van der Waals surface area contributed by atoms with Crippen LogP contribution >= 0.6 is 0 Å². The third-order valence-corrected chi connectivity index (χ3v) is 7.47. The van der Waals surface area contributed by atoms with E-state index in [0.717, 1.165) is 0 Å². The maximum atomic E-state index is 14.0. The number of alkyl halides is 18. The fourth-order valence-corrected chi connectivity index (χ4v) is 4.84. The number of rotatable bonds is 18. The number of nitrogens with zero attached hydrogens (tertiary/aromatic N) is 1. The molecule has 0 bridgehead atoms. The minimum atomic E-state index is -5.96. The minimum absolute atomic E-state index is 0.511. The van der Waals surface area contributed by atoms with Crippen LogP contribution in [0.5, 0.6) is 0 Å². The summed E-state index contributed by atoms with van der Waals surface area (Å²) in [6.07, 6.45) is -40.6. The van der Waals surface area contributed by atoms with Gasteiger partial charge in [-0.2, -0.15) is 39.5 Å². The molecule has 0 N–H and O–H groups in total. The highest BCUT2D eigenvalue weighted by molar-refractivity contribution is 4.93. The summed E-state index contributed by atoms with van der Waals surface area (Å²) in [5.41, 5.74) is -14.7. The predicted molar refractivity (Wildman–Crippen MR) is 119 cm³/mol. The minimum Gasteiger partial charge on any atom is -0.295 e. The molecule has 1 nitrogen and oxygen atoms in total. The van der Waals surface area contributed by atoms with Crippen molar-refractivity contribution in [2.45, 2.75) is 151 Å². The van der Waals surface area contributed by atoms with Crippen LogP contribution in [0.2, 0.25) is 0 Å². The average Bonchev–Trinajstić information content (AvgIpc) is 2.81. The second-order valence-electron chi connectivity index (χ2n) is 10.7. The summed E-state index contributed by atoms with van der Waals surface area (Å²) >= 11 is 0. The molecule has 0 aromatic rings. The van der Waals surface area contributed by atoms with E-state index in [0.29, 0.717) is 0 Å². The zero-order valence-electron chi connectivity index (χ0n) is 23.1. The van der Waals surface area contributed by atoms with E-state index in [4.69, 9.17) is 0 Å². The lowest BCUT2D eigenvalue weighted by molar-refractivity contribution is -0.270. The van der Waals surface area contributed by atoms with Gasteiger partial charge in [-0.3, -0.25) is 4.90 Å². The zero-order valence-corrected chi connectivity index (χ0v) is 23.1. The highest BCUT2D eigenvalue weighted by Gasteiger charge is 2.63. The van der Waals surface area contributed by atoms with E-state index < -0.39 is 131 Å². The second kappa shape index (κ2) is 15.3. The SMILES string of the molecule is CC(CCCC(F)(C(F)F)C(F)(F)F)N(C(C)CCCC(F)(C(F)F)C(F)(F)F)C(C)CCCC(F)(C(F)F)C(F)(F)F. The Morgan fingerprint density at radius 3 is 0.721 bits per heavy atom. The third-order valence-electron chi connectivity index (χ3n) is 7.47. The van der Waals surface area contributed by atoms with E-state index in [1.807, 2.05) is 0 Å². The molecule has 0 rings (SSSR count). The lowest BCUT2D eigenvalue weighted by atomic mass is 9.92. The molecule has 0 aromatic heterocycles. The lowest BCUT2D eigenvalue weighted by Gasteiger charge is -2.41. The lowest BCUT2D eigenvalue weighted by Crippen LogP contribution is -2.49. The molecular weight excluding hydrogens is 644 g/mol. The van der Waals surface area contributed by atoms with Crippen molar-refractivity contribution in [3.8, 4) is 0 Å². The Morgan fingerprint density at radius 1 is 0.395 bits per heavy atom. The maximum absolute atomic E-state index is 14.0. The van der Waals surface area contributed by atoms with Gasteiger partial charge < -0.3 is 0 Å². The van der Waals surface area contributed by atoms with Crippen LogP contribution in [0.15, 0.2) is 0 Å². The predicted octanol–water partition coefficient (Wildman–Crippen LogP) is 10.6. The van der Waals surface area contributed by atoms with Crippen LogP contribution in [-0.4, -0.2) is 77.8 Å². The molecule has 6 unspecified atom stereocenters. The highest BCUT2D eigenvalue weighted by Crippen LogP contribution is 2.45. The van der Waals surface area contributed by atoms with Gasteiger partial charge in [0.1, 0.15) is 0 Å². The van der Waals surface area contributed by atoms with Crippen LogP contribution in [0.25, 0.3) is 0 Å². The van der Waals surface area contributed by atoms with Gasteiger partial charge in [0.25, 0.3) is 36.3 Å². The van der Waals surface area contributed by atoms with Crippen molar-refractivity contribution >= 4 is 0 Å². The third kappa shape index (κ3) is 10.4. The molecule has 0 aliphatic rings. The van der Waals surface area contributed by atoms with Crippen molar-refractivity contribution in [2.75, 3.05) is 0 Å². The molecule has 6 atom stereocenters. The highest BCUT2D eigenvalue weighted by atomic mass is 19.4. The number of hydrogen-bond donors (Lipinski definition) is 0. The summed E-state index contributed by atoms with van der Waals surface area (Å²) in [6, 6.07) is -3.25. The smallest absolute Gasteiger partial charge is 0.295 e. The van der Waals surface area contributed by atoms with Crippen LogP contribution in [0.1, 0.15) is 78.6 Å². The quantitative estimate of drug-likeness (QED) is 0.131. The molecule has 0 spiro atoms. The monoisotopic (exact) mass is 677 g/mol. The first-order valence-corrected chi connectivity index (χ1v) is 13.0. The topological polar surface area (TPSA) is 3.24 Å². The molecule has 0 radical (unpaired) electrons. The molecule has 0 fully saturated rings. The van der Waals surface area contributed by atoms with Crippen molar-refractivity contribution in [3.05, 3.63) is 0 Å². The van der Waals surface area contributed by atoms with E-state index in [2.05, 4.69) is 0 Å². The summed E-state index contributed by atoms with van der Waals surface area (Å²) in [7, 11) is 0. The van der Waals surface area contributed by atoms with Gasteiger partial charge in [0.15, 0.2) is 0 Å². The van der Waals surface area contributed by atoms with Crippen molar-refractivity contribution in [1.29, 1.82) is 0 Å². The van der Waals surface area contributed by atoms with Gasteiger partial charge in [0.2, 0.25) is 0 Å². The van der Waals surface area contributed by atoms with E-state index in [-0.39, 0.29) is 0 Å². The first kappa shape index (κ1) is 41.7. The Bertz CT molecular complexity index is 707. The standard InChI is InChI=1S/C24H33F18N/c1-13(7-4-10-19(31,16(25)26)22(34,35)36)43(14(2)8-5-11-20(32,17(27)28)23(37,38)39)15(3)9-6-12-21(33,18(29)30)24(40,41)42/h13-18H,4-12H2,1-3H3. The first-order chi connectivity index (χ1) is 19.1. The summed E-state index contributed by atoms with van der Waals surface area (Å²) in [5, 5.41) is 0. The molecule has 19 heteroatoms. The van der Waals surface area contributed by atoms with E-state index in [1.54, 1.807) is 0 Å². The van der Waals surface area contributed by atoms with Gasteiger partial charge in [-0.15, -0.1) is 0 Å². The summed E-state index contributed by atoms with van der Waals surface area (Å²) in [4.78, 5) is 1.20. The normalized spacial score (nSPS) is 20.3. The Morgan fingerprint density at radius 2 is 0.581 bits per heavy atom. The number of hydrogen-bond acceptors (Lipinski definition) is 1. The summed E-state index contributed by atoms with van der Waals surface area (Å²) < 4.78 is 235. The molecule has 0 amide bonds. The number of halogens is 18. The summed E-state index contributed by atoms with van der Waals surface area (Å²) in [5.74, 6) is 0. The van der Waals surface area contributed by atoms with Crippen LogP contribution in [0.3, 0.4) is 0 Å². The van der Waals surface area contributed by atoms with E-state index in [9.17, 15) is 79.0 Å². The molecule has 43 heavy (non-hydrogen) atoms. The van der Waals surface area contributed by atoms with Crippen molar-refractivity contribution in [3.63, 3.8) is 0 Å². The largest absolute Gasteiger partial charge is 0.428 e. The van der Waals surface area contributed by atoms with Crippen molar-refractivity contribution in [2.24, 2.45) is 0 Å². The fraction of sp³-hybridized carbons (Fsp3) is 1.00. The molecule has 0 heterocycles. The Balaban J connectivity index is 5.85. The Kier molecular flexibility index (Phi) is 14.9. The van der Waals surface area contributed by atoms with Gasteiger partial charge in [0, 0.05) is 18.1 Å². The van der Waals surface area contributed by atoms with Crippen molar-refractivity contribution in [1.82, 2.24) is 4.90 Å². The van der Waals surface area contributed by atoms with E-state index >= 15 is 0 Å². The Hall–Kier alpha value is -1.30. The zero-order chi connectivity index (χ0) is 34.4. The van der Waals surface area contributed by atoms with Gasteiger partial charge in [-0.1, -0.05) is 0 Å². The van der Waals surface area contributed by atoms with Crippen LogP contribution in [-0.2, 0) is 0 Å².